The minimum absolute atomic E-state index is 0.701. The van der Waals surface area contributed by atoms with E-state index in [0.29, 0.717) is 12.1 Å². The van der Waals surface area contributed by atoms with Crippen molar-refractivity contribution in [1.29, 1.82) is 0 Å². The Balaban J connectivity index is 3.64. The second-order valence-corrected chi connectivity index (χ2v) is 6.49. The fourth-order valence-electron chi connectivity index (χ4n) is 2.88. The summed E-state index contributed by atoms with van der Waals surface area (Å²) in [6, 6.07) is 1.40. The van der Waals surface area contributed by atoms with Crippen molar-refractivity contribution in [3.05, 3.63) is 0 Å². The average Bonchev–Trinajstić information content (AvgIpc) is 2.51. The highest BCUT2D eigenvalue weighted by molar-refractivity contribution is 4.68. The Labute approximate surface area is 134 Å². The van der Waals surface area contributed by atoms with Crippen molar-refractivity contribution in [2.45, 2.75) is 117 Å². The van der Waals surface area contributed by atoms with Crippen LogP contribution in [0.25, 0.3) is 0 Å². The van der Waals surface area contributed by atoms with E-state index in [1.54, 1.807) is 0 Å². The molecule has 0 amide bonds. The molecule has 0 rings (SSSR count). The fourth-order valence-corrected chi connectivity index (χ4v) is 2.88. The number of hydrogen-bond acceptors (Lipinski definition) is 2. The van der Waals surface area contributed by atoms with Crippen LogP contribution in [0, 0.1) is 0 Å². The van der Waals surface area contributed by atoms with Crippen LogP contribution < -0.4 is 10.6 Å². The van der Waals surface area contributed by atoms with E-state index in [0.717, 1.165) is 6.67 Å². The van der Waals surface area contributed by atoms with Crippen LogP contribution in [0.1, 0.15) is 105 Å². The van der Waals surface area contributed by atoms with Gasteiger partial charge in [0.1, 0.15) is 0 Å². The van der Waals surface area contributed by atoms with Crippen molar-refractivity contribution in [3.63, 3.8) is 0 Å². The molecule has 0 spiro atoms. The lowest BCUT2D eigenvalue weighted by molar-refractivity contribution is 0.379. The molecule has 0 saturated carbocycles. The molecular formula is C19H42N2. The molecule has 0 aromatic rings. The summed E-state index contributed by atoms with van der Waals surface area (Å²) in [6.07, 6.45) is 16.2. The van der Waals surface area contributed by atoms with Crippen LogP contribution >= 0.6 is 0 Å². The minimum atomic E-state index is 0.701. The highest BCUT2D eigenvalue weighted by Crippen LogP contribution is 2.09. The molecule has 2 N–H and O–H groups in total. The molecule has 2 nitrogen and oxygen atoms in total. The summed E-state index contributed by atoms with van der Waals surface area (Å²) in [5.41, 5.74) is 0. The van der Waals surface area contributed by atoms with E-state index < -0.39 is 0 Å². The van der Waals surface area contributed by atoms with Crippen LogP contribution in [0.4, 0.5) is 0 Å². The van der Waals surface area contributed by atoms with Crippen LogP contribution in [0.15, 0.2) is 0 Å². The van der Waals surface area contributed by atoms with Crippen LogP contribution in [0.3, 0.4) is 0 Å². The molecule has 0 aromatic carbocycles. The lowest BCUT2D eigenvalue weighted by atomic mass is 10.0. The zero-order chi connectivity index (χ0) is 15.8. The van der Waals surface area contributed by atoms with Gasteiger partial charge < -0.3 is 10.6 Å². The van der Waals surface area contributed by atoms with Crippen molar-refractivity contribution in [2.24, 2.45) is 0 Å². The van der Waals surface area contributed by atoms with Crippen molar-refractivity contribution in [3.8, 4) is 0 Å². The monoisotopic (exact) mass is 298 g/mol. The van der Waals surface area contributed by atoms with Crippen LogP contribution in [0.5, 0.6) is 0 Å². The Bertz CT molecular complexity index is 174. The van der Waals surface area contributed by atoms with Crippen molar-refractivity contribution < 1.29 is 0 Å². The largest absolute Gasteiger partial charge is 0.302 e. The Morgan fingerprint density at radius 3 is 1.33 bits per heavy atom. The van der Waals surface area contributed by atoms with E-state index in [-0.39, 0.29) is 0 Å². The molecule has 0 radical (unpaired) electrons. The van der Waals surface area contributed by atoms with E-state index >= 15 is 0 Å². The predicted octanol–water partition coefficient (Wildman–Crippen LogP) is 5.62. The molecule has 2 atom stereocenters. The van der Waals surface area contributed by atoms with Gasteiger partial charge in [-0.25, -0.2) is 0 Å². The molecule has 0 aliphatic rings. The molecule has 0 bridgehead atoms. The summed E-state index contributed by atoms with van der Waals surface area (Å²) in [5.74, 6) is 0. The molecule has 2 unspecified atom stereocenters. The summed E-state index contributed by atoms with van der Waals surface area (Å²) < 4.78 is 0. The van der Waals surface area contributed by atoms with E-state index in [1.165, 1.54) is 77.0 Å². The number of rotatable bonds is 16. The highest BCUT2D eigenvalue weighted by Gasteiger charge is 2.08. The maximum atomic E-state index is 3.70. The maximum absolute atomic E-state index is 3.70. The summed E-state index contributed by atoms with van der Waals surface area (Å²) >= 11 is 0. The van der Waals surface area contributed by atoms with Gasteiger partial charge in [-0.15, -0.1) is 0 Å². The normalized spacial score (nSPS) is 14.3. The third kappa shape index (κ3) is 13.3. The van der Waals surface area contributed by atoms with Gasteiger partial charge in [0.05, 0.1) is 0 Å². The SMILES string of the molecule is CCCCCCC(CC)NCNC(CC)CCCCCC. The number of unbranched alkanes of at least 4 members (excludes halogenated alkanes) is 6. The van der Waals surface area contributed by atoms with E-state index in [9.17, 15) is 0 Å². The average molecular weight is 299 g/mol. The fraction of sp³-hybridized carbons (Fsp3) is 1.00. The molecule has 128 valence electrons. The molecule has 0 aliphatic heterocycles. The van der Waals surface area contributed by atoms with Crippen LogP contribution in [0.2, 0.25) is 0 Å². The molecular weight excluding hydrogens is 256 g/mol. The lowest BCUT2D eigenvalue weighted by Gasteiger charge is -2.21. The summed E-state index contributed by atoms with van der Waals surface area (Å²) in [4.78, 5) is 0. The van der Waals surface area contributed by atoms with E-state index in [1.807, 2.05) is 0 Å². The van der Waals surface area contributed by atoms with Crippen LogP contribution in [-0.4, -0.2) is 18.8 Å². The van der Waals surface area contributed by atoms with Gasteiger partial charge in [0.2, 0.25) is 0 Å². The molecule has 0 aromatic heterocycles. The Morgan fingerprint density at radius 2 is 1.00 bits per heavy atom. The van der Waals surface area contributed by atoms with Crippen molar-refractivity contribution in [1.82, 2.24) is 10.6 Å². The zero-order valence-corrected chi connectivity index (χ0v) is 15.3. The molecule has 2 heteroatoms. The second-order valence-electron chi connectivity index (χ2n) is 6.49. The standard InChI is InChI=1S/C19H42N2/c1-5-9-11-13-15-18(7-3)20-17-21-19(8-4)16-14-12-10-6-2/h18-21H,5-17H2,1-4H3. The maximum Gasteiger partial charge on any atom is 0.0458 e. The van der Waals surface area contributed by atoms with Gasteiger partial charge in [0, 0.05) is 18.8 Å². The first-order valence-corrected chi connectivity index (χ1v) is 9.75. The van der Waals surface area contributed by atoms with Gasteiger partial charge in [-0.1, -0.05) is 79.1 Å². The molecule has 0 heterocycles. The van der Waals surface area contributed by atoms with Gasteiger partial charge in [0.25, 0.3) is 0 Å². The molecule has 21 heavy (non-hydrogen) atoms. The minimum Gasteiger partial charge on any atom is -0.302 e. The summed E-state index contributed by atoms with van der Waals surface area (Å²) in [6.45, 7) is 10.2. The number of nitrogens with one attached hydrogen (secondary N) is 2. The third-order valence-corrected chi connectivity index (χ3v) is 4.58. The smallest absolute Gasteiger partial charge is 0.0458 e. The first kappa shape index (κ1) is 20.9. The van der Waals surface area contributed by atoms with Crippen molar-refractivity contribution >= 4 is 0 Å². The first-order chi connectivity index (χ1) is 10.3. The Morgan fingerprint density at radius 1 is 0.571 bits per heavy atom. The molecule has 0 saturated heterocycles. The van der Waals surface area contributed by atoms with Gasteiger partial charge in [0.15, 0.2) is 0 Å². The third-order valence-electron chi connectivity index (χ3n) is 4.58. The van der Waals surface area contributed by atoms with Gasteiger partial charge in [-0.3, -0.25) is 0 Å². The Hall–Kier alpha value is -0.0800. The zero-order valence-electron chi connectivity index (χ0n) is 15.3. The topological polar surface area (TPSA) is 24.1 Å². The highest BCUT2D eigenvalue weighted by atomic mass is 15.1. The van der Waals surface area contributed by atoms with E-state index in [2.05, 4.69) is 38.3 Å². The van der Waals surface area contributed by atoms with Crippen LogP contribution in [-0.2, 0) is 0 Å². The second kappa shape index (κ2) is 16.3. The Kier molecular flexibility index (Phi) is 16.2. The van der Waals surface area contributed by atoms with Gasteiger partial charge >= 0.3 is 0 Å². The van der Waals surface area contributed by atoms with Crippen molar-refractivity contribution in [2.75, 3.05) is 6.67 Å². The van der Waals surface area contributed by atoms with Gasteiger partial charge in [-0.2, -0.15) is 0 Å². The first-order valence-electron chi connectivity index (χ1n) is 9.75. The molecule has 0 aliphatic carbocycles. The lowest BCUT2D eigenvalue weighted by Crippen LogP contribution is -2.41. The summed E-state index contributed by atoms with van der Waals surface area (Å²) in [5, 5.41) is 7.40. The quantitative estimate of drug-likeness (QED) is 0.285. The number of hydrogen-bond donors (Lipinski definition) is 2. The van der Waals surface area contributed by atoms with Gasteiger partial charge in [-0.05, 0) is 25.7 Å². The van der Waals surface area contributed by atoms with E-state index in [4.69, 9.17) is 0 Å². The molecule has 0 fully saturated rings. The summed E-state index contributed by atoms with van der Waals surface area (Å²) in [7, 11) is 0. The predicted molar refractivity (Wildman–Crippen MR) is 96.8 cm³/mol.